The molecule has 0 saturated heterocycles. The van der Waals surface area contributed by atoms with Crippen LogP contribution in [0.5, 0.6) is 5.75 Å². The number of phenolic OH excluding ortho intramolecular Hbond substituents is 1. The molecule has 0 radical (unpaired) electrons. The molecule has 2 heteroatoms. The van der Waals surface area contributed by atoms with Crippen LogP contribution in [0.15, 0.2) is 72.8 Å². The fraction of sp³-hybridized carbons (Fsp3) is 0.0526. The van der Waals surface area contributed by atoms with Crippen molar-refractivity contribution in [2.45, 2.75) is 6.54 Å². The van der Waals surface area contributed by atoms with E-state index in [1.54, 1.807) is 12.1 Å². The third-order valence-electron chi connectivity index (χ3n) is 3.61. The van der Waals surface area contributed by atoms with Gasteiger partial charge in [0, 0.05) is 6.54 Å². The van der Waals surface area contributed by atoms with Gasteiger partial charge in [0.1, 0.15) is 5.75 Å². The summed E-state index contributed by atoms with van der Waals surface area (Å²) in [6, 6.07) is 23.9. The number of rotatable bonds is 3. The summed E-state index contributed by atoms with van der Waals surface area (Å²) in [7, 11) is 0. The monoisotopic (exact) mass is 275 g/mol. The largest absolute Gasteiger partial charge is 0.508 e. The van der Waals surface area contributed by atoms with Crippen molar-refractivity contribution in [1.82, 2.24) is 0 Å². The second-order valence-electron chi connectivity index (χ2n) is 4.99. The van der Waals surface area contributed by atoms with Crippen LogP contribution in [-0.2, 0) is 6.54 Å². The zero-order valence-corrected chi connectivity index (χ0v) is 11.7. The molecule has 0 atom stereocenters. The van der Waals surface area contributed by atoms with Crippen LogP contribution in [0.1, 0.15) is 5.56 Å². The van der Waals surface area contributed by atoms with E-state index in [1.165, 1.54) is 5.56 Å². The third-order valence-corrected chi connectivity index (χ3v) is 3.61. The van der Waals surface area contributed by atoms with E-state index in [0.717, 1.165) is 22.3 Å². The van der Waals surface area contributed by atoms with Gasteiger partial charge in [0.05, 0.1) is 0 Å². The van der Waals surface area contributed by atoms with E-state index in [-0.39, 0.29) is 5.75 Å². The van der Waals surface area contributed by atoms with Crippen LogP contribution in [0.2, 0.25) is 0 Å². The highest BCUT2D eigenvalue weighted by Crippen LogP contribution is 2.32. The Hall–Kier alpha value is -2.58. The highest BCUT2D eigenvalue weighted by Gasteiger charge is 2.06. The first-order chi connectivity index (χ1) is 10.3. The van der Waals surface area contributed by atoms with E-state index in [2.05, 4.69) is 36.4 Å². The van der Waals surface area contributed by atoms with Crippen molar-refractivity contribution < 1.29 is 5.11 Å². The Bertz CT molecular complexity index is 730. The highest BCUT2D eigenvalue weighted by atomic mass is 16.3. The summed E-state index contributed by atoms with van der Waals surface area (Å²) in [5.74, 6) is 0.281. The molecule has 0 heterocycles. The van der Waals surface area contributed by atoms with Crippen molar-refractivity contribution in [3.8, 4) is 28.0 Å². The summed E-state index contributed by atoms with van der Waals surface area (Å²) in [5.41, 5.74) is 11.4. The molecule has 21 heavy (non-hydrogen) atoms. The third kappa shape index (κ3) is 2.81. The lowest BCUT2D eigenvalue weighted by Crippen LogP contribution is -1.95. The zero-order valence-electron chi connectivity index (χ0n) is 11.7. The zero-order chi connectivity index (χ0) is 14.7. The van der Waals surface area contributed by atoms with Crippen LogP contribution in [0.4, 0.5) is 0 Å². The van der Waals surface area contributed by atoms with E-state index < -0.39 is 0 Å². The second kappa shape index (κ2) is 5.81. The van der Waals surface area contributed by atoms with Crippen molar-refractivity contribution in [2.24, 2.45) is 5.73 Å². The van der Waals surface area contributed by atoms with E-state index in [4.69, 9.17) is 5.73 Å². The maximum absolute atomic E-state index is 9.44. The predicted molar refractivity (Wildman–Crippen MR) is 86.9 cm³/mol. The first-order valence-electron chi connectivity index (χ1n) is 6.96. The van der Waals surface area contributed by atoms with Crippen LogP contribution >= 0.6 is 0 Å². The number of nitrogens with two attached hydrogens (primary N) is 1. The van der Waals surface area contributed by atoms with Gasteiger partial charge in [-0.3, -0.25) is 0 Å². The van der Waals surface area contributed by atoms with Crippen molar-refractivity contribution in [2.75, 3.05) is 0 Å². The van der Waals surface area contributed by atoms with Crippen molar-refractivity contribution in [3.05, 3.63) is 78.4 Å². The Balaban J connectivity index is 2.08. The fourth-order valence-corrected chi connectivity index (χ4v) is 2.45. The van der Waals surface area contributed by atoms with Gasteiger partial charge in [-0.2, -0.15) is 0 Å². The van der Waals surface area contributed by atoms with Gasteiger partial charge in [0.2, 0.25) is 0 Å². The smallest absolute Gasteiger partial charge is 0.115 e. The minimum atomic E-state index is 0.281. The number of phenols is 1. The van der Waals surface area contributed by atoms with Gasteiger partial charge < -0.3 is 10.8 Å². The van der Waals surface area contributed by atoms with Crippen LogP contribution in [0.3, 0.4) is 0 Å². The van der Waals surface area contributed by atoms with Gasteiger partial charge in [-0.15, -0.1) is 0 Å². The van der Waals surface area contributed by atoms with E-state index in [1.807, 2.05) is 24.3 Å². The molecule has 0 spiro atoms. The minimum absolute atomic E-state index is 0.281. The van der Waals surface area contributed by atoms with Crippen molar-refractivity contribution >= 4 is 0 Å². The topological polar surface area (TPSA) is 46.2 Å². The standard InChI is InChI=1S/C19H17NO/c20-13-14-5-7-15(8-6-14)18-3-1-2-4-19(18)16-9-11-17(21)12-10-16/h1-12,21H,13,20H2. The van der Waals surface area contributed by atoms with E-state index >= 15 is 0 Å². The lowest BCUT2D eigenvalue weighted by Gasteiger charge is -2.11. The molecule has 3 rings (SSSR count). The van der Waals surface area contributed by atoms with Crippen LogP contribution in [0, 0.1) is 0 Å². The molecule has 0 aromatic heterocycles. The van der Waals surface area contributed by atoms with Gasteiger partial charge in [-0.1, -0.05) is 60.7 Å². The summed E-state index contributed by atoms with van der Waals surface area (Å²) in [6.07, 6.45) is 0. The molecule has 0 unspecified atom stereocenters. The minimum Gasteiger partial charge on any atom is -0.508 e. The molecule has 3 N–H and O–H groups in total. The molecule has 0 fully saturated rings. The lowest BCUT2D eigenvalue weighted by atomic mass is 9.94. The molecular formula is C19H17NO. The number of benzene rings is 3. The molecule has 3 aromatic carbocycles. The molecule has 2 nitrogen and oxygen atoms in total. The van der Waals surface area contributed by atoms with Crippen LogP contribution in [0.25, 0.3) is 22.3 Å². The van der Waals surface area contributed by atoms with Crippen LogP contribution in [-0.4, -0.2) is 5.11 Å². The molecular weight excluding hydrogens is 258 g/mol. The Kier molecular flexibility index (Phi) is 3.71. The summed E-state index contributed by atoms with van der Waals surface area (Å²) >= 11 is 0. The van der Waals surface area contributed by atoms with Gasteiger partial charge in [0.25, 0.3) is 0 Å². The Labute approximate surface area is 124 Å². The summed E-state index contributed by atoms with van der Waals surface area (Å²) in [5, 5.41) is 9.44. The summed E-state index contributed by atoms with van der Waals surface area (Å²) in [4.78, 5) is 0. The first-order valence-corrected chi connectivity index (χ1v) is 6.96. The molecule has 3 aromatic rings. The maximum atomic E-state index is 9.44. The van der Waals surface area contributed by atoms with Gasteiger partial charge in [0.15, 0.2) is 0 Å². The van der Waals surface area contributed by atoms with Crippen molar-refractivity contribution in [3.63, 3.8) is 0 Å². The maximum Gasteiger partial charge on any atom is 0.115 e. The van der Waals surface area contributed by atoms with E-state index in [0.29, 0.717) is 6.54 Å². The number of hydrogen-bond acceptors (Lipinski definition) is 2. The van der Waals surface area contributed by atoms with E-state index in [9.17, 15) is 5.11 Å². The quantitative estimate of drug-likeness (QED) is 0.753. The molecule has 0 aliphatic rings. The predicted octanol–water partition coefficient (Wildman–Crippen LogP) is 4.18. The average molecular weight is 275 g/mol. The van der Waals surface area contributed by atoms with Crippen LogP contribution < -0.4 is 5.73 Å². The second-order valence-corrected chi connectivity index (χ2v) is 4.99. The lowest BCUT2D eigenvalue weighted by molar-refractivity contribution is 0.475. The normalized spacial score (nSPS) is 10.5. The van der Waals surface area contributed by atoms with Gasteiger partial charge in [-0.25, -0.2) is 0 Å². The molecule has 0 aliphatic heterocycles. The fourth-order valence-electron chi connectivity index (χ4n) is 2.45. The molecule has 0 bridgehead atoms. The highest BCUT2D eigenvalue weighted by molar-refractivity contribution is 5.83. The SMILES string of the molecule is NCc1ccc(-c2ccccc2-c2ccc(O)cc2)cc1. The van der Waals surface area contributed by atoms with Crippen molar-refractivity contribution in [1.29, 1.82) is 0 Å². The molecule has 0 saturated carbocycles. The van der Waals surface area contributed by atoms with Gasteiger partial charge >= 0.3 is 0 Å². The number of hydrogen-bond donors (Lipinski definition) is 2. The summed E-state index contributed by atoms with van der Waals surface area (Å²) < 4.78 is 0. The first kappa shape index (κ1) is 13.4. The molecule has 104 valence electrons. The average Bonchev–Trinajstić information content (AvgIpc) is 2.56. The molecule has 0 aliphatic carbocycles. The molecule has 0 amide bonds. The Morgan fingerprint density at radius 2 is 1.14 bits per heavy atom. The Morgan fingerprint density at radius 3 is 1.62 bits per heavy atom. The number of aromatic hydroxyl groups is 1. The van der Waals surface area contributed by atoms with Gasteiger partial charge in [-0.05, 0) is 39.9 Å². The summed E-state index contributed by atoms with van der Waals surface area (Å²) in [6.45, 7) is 0.555. The Morgan fingerprint density at radius 1 is 0.667 bits per heavy atom.